The van der Waals surface area contributed by atoms with E-state index < -0.39 is 23.3 Å². The number of pyridine rings is 1. The first kappa shape index (κ1) is 28.4. The third kappa shape index (κ3) is 9.39. The summed E-state index contributed by atoms with van der Waals surface area (Å²) in [6.07, 6.45) is -0.791. The predicted octanol–water partition coefficient (Wildman–Crippen LogP) is 6.29. The molecule has 0 spiro atoms. The van der Waals surface area contributed by atoms with Gasteiger partial charge in [-0.05, 0) is 45.0 Å². The van der Waals surface area contributed by atoms with Crippen molar-refractivity contribution in [2.45, 2.75) is 39.0 Å². The van der Waals surface area contributed by atoms with Gasteiger partial charge in [-0.1, -0.05) is 11.6 Å². The summed E-state index contributed by atoms with van der Waals surface area (Å²) in [4.78, 5) is 15.4. The molecule has 0 amide bonds. The summed E-state index contributed by atoms with van der Waals surface area (Å²) in [5.74, 6) is -0.242. The Hall–Kier alpha value is -2.82. The van der Waals surface area contributed by atoms with Crippen molar-refractivity contribution in [3.05, 3.63) is 52.7 Å². The second-order valence-electron chi connectivity index (χ2n) is 7.82. The van der Waals surface area contributed by atoms with E-state index in [-0.39, 0.29) is 30.1 Å². The molecule has 7 nitrogen and oxygen atoms in total. The molecule has 192 valence electrons. The second kappa shape index (κ2) is 12.8. The van der Waals surface area contributed by atoms with E-state index in [1.807, 2.05) is 13.8 Å². The summed E-state index contributed by atoms with van der Waals surface area (Å²) in [7, 11) is 1.53. The van der Waals surface area contributed by atoms with Crippen LogP contribution in [0, 0.1) is 0 Å². The highest BCUT2D eigenvalue weighted by molar-refractivity contribution is 6.31. The molecule has 0 saturated carbocycles. The molecule has 2 aromatic rings. The maximum absolute atomic E-state index is 12.9. The molecule has 2 rings (SSSR count). The zero-order valence-corrected chi connectivity index (χ0v) is 20.5. The van der Waals surface area contributed by atoms with Crippen molar-refractivity contribution in [2.24, 2.45) is 0 Å². The zero-order valence-electron chi connectivity index (χ0n) is 19.8. The molecule has 0 unspecified atom stereocenters. The molecular formula is C24H27ClF3NO6. The Balaban J connectivity index is 2.33. The Kier molecular flexibility index (Phi) is 10.4. The van der Waals surface area contributed by atoms with Gasteiger partial charge in [0.05, 0.1) is 18.8 Å². The van der Waals surface area contributed by atoms with E-state index in [0.717, 1.165) is 6.07 Å². The highest BCUT2D eigenvalue weighted by Gasteiger charge is 2.32. The van der Waals surface area contributed by atoms with E-state index in [1.165, 1.54) is 25.3 Å². The monoisotopic (exact) mass is 517 g/mol. The van der Waals surface area contributed by atoms with Crippen molar-refractivity contribution in [1.29, 1.82) is 0 Å². The molecule has 0 aliphatic rings. The van der Waals surface area contributed by atoms with Gasteiger partial charge in [0.25, 0.3) is 0 Å². The van der Waals surface area contributed by atoms with Crippen LogP contribution in [0.3, 0.4) is 0 Å². The van der Waals surface area contributed by atoms with E-state index >= 15 is 0 Å². The number of carbonyl (C=O) groups excluding carboxylic acids is 1. The fraction of sp³-hybridized carbons (Fsp3) is 0.417. The van der Waals surface area contributed by atoms with Gasteiger partial charge >= 0.3 is 12.1 Å². The largest absolute Gasteiger partial charge is 0.488 e. The van der Waals surface area contributed by atoms with Crippen molar-refractivity contribution >= 4 is 23.6 Å². The summed E-state index contributed by atoms with van der Waals surface area (Å²) >= 11 is 6.00. The summed E-state index contributed by atoms with van der Waals surface area (Å²) in [5.41, 5.74) is -1.21. The lowest BCUT2D eigenvalue weighted by Gasteiger charge is -2.27. The first-order valence-corrected chi connectivity index (χ1v) is 11.0. The molecule has 0 bridgehead atoms. The Labute approximate surface area is 206 Å². The first-order chi connectivity index (χ1) is 16.4. The van der Waals surface area contributed by atoms with E-state index in [2.05, 4.69) is 4.98 Å². The number of ether oxygens (including phenoxy) is 5. The Morgan fingerprint density at radius 1 is 1.20 bits per heavy atom. The van der Waals surface area contributed by atoms with Crippen LogP contribution in [0.5, 0.6) is 17.4 Å². The number of carbonyl (C=O) groups is 1. The summed E-state index contributed by atoms with van der Waals surface area (Å²) in [5, 5.41) is -0.331. The number of hydrogen-bond acceptors (Lipinski definition) is 7. The normalized spacial score (nSPS) is 12.1. The molecule has 1 aromatic carbocycles. The van der Waals surface area contributed by atoms with Gasteiger partial charge in [-0.15, -0.1) is 0 Å². The number of methoxy groups -OCH3 is 1. The van der Waals surface area contributed by atoms with Crippen molar-refractivity contribution in [1.82, 2.24) is 4.98 Å². The summed E-state index contributed by atoms with van der Waals surface area (Å²) in [6.45, 7) is 6.17. The number of nitrogens with zero attached hydrogens (tertiary/aromatic N) is 1. The quantitative estimate of drug-likeness (QED) is 0.142. The van der Waals surface area contributed by atoms with Gasteiger partial charge in [0.2, 0.25) is 5.88 Å². The molecule has 0 aliphatic carbocycles. The Morgan fingerprint density at radius 3 is 2.57 bits per heavy atom. The van der Waals surface area contributed by atoms with Crippen LogP contribution >= 0.6 is 11.6 Å². The average Bonchev–Trinajstić information content (AvgIpc) is 2.77. The van der Waals surface area contributed by atoms with Crippen molar-refractivity contribution in [3.8, 4) is 17.4 Å². The Bertz CT molecular complexity index is 1030. The number of benzene rings is 1. The van der Waals surface area contributed by atoms with Crippen molar-refractivity contribution in [3.63, 3.8) is 0 Å². The van der Waals surface area contributed by atoms with Crippen LogP contribution in [0.4, 0.5) is 13.2 Å². The minimum atomic E-state index is -4.60. The number of rotatable bonds is 12. The molecule has 0 N–H and O–H groups in total. The van der Waals surface area contributed by atoms with Gasteiger partial charge < -0.3 is 23.7 Å². The molecule has 35 heavy (non-hydrogen) atoms. The van der Waals surface area contributed by atoms with Gasteiger partial charge in [0.1, 0.15) is 28.9 Å². The van der Waals surface area contributed by atoms with Gasteiger partial charge in [-0.2, -0.15) is 13.2 Å². The minimum Gasteiger partial charge on any atom is -0.488 e. The van der Waals surface area contributed by atoms with Gasteiger partial charge in [-0.3, -0.25) is 0 Å². The van der Waals surface area contributed by atoms with E-state index in [9.17, 15) is 18.0 Å². The average molecular weight is 518 g/mol. The van der Waals surface area contributed by atoms with Gasteiger partial charge in [-0.25, -0.2) is 9.78 Å². The van der Waals surface area contributed by atoms with Crippen LogP contribution in [-0.4, -0.2) is 43.7 Å². The number of aromatic nitrogens is 1. The molecule has 0 radical (unpaired) electrons. The van der Waals surface area contributed by atoms with Crippen LogP contribution < -0.4 is 9.47 Å². The maximum Gasteiger partial charge on any atom is 0.417 e. The number of esters is 1. The van der Waals surface area contributed by atoms with E-state index in [1.54, 1.807) is 19.1 Å². The fourth-order valence-electron chi connectivity index (χ4n) is 2.74. The minimum absolute atomic E-state index is 0.156. The lowest BCUT2D eigenvalue weighted by molar-refractivity contribution is -0.138. The molecule has 0 saturated heterocycles. The van der Waals surface area contributed by atoms with Crippen LogP contribution in [0.2, 0.25) is 5.02 Å². The zero-order chi connectivity index (χ0) is 26.1. The van der Waals surface area contributed by atoms with Gasteiger partial charge in [0.15, 0.2) is 0 Å². The van der Waals surface area contributed by atoms with Crippen LogP contribution in [0.15, 0.2) is 36.5 Å². The molecule has 1 heterocycles. The molecule has 0 fully saturated rings. The maximum atomic E-state index is 12.9. The highest BCUT2D eigenvalue weighted by Crippen LogP contribution is 2.37. The SMILES string of the molecule is CCOC(=O)/C=C/c1ccc(OC(C)(C)CCOCOC)cc1Oc1ncc(C(F)(F)F)cc1Cl. The van der Waals surface area contributed by atoms with E-state index in [0.29, 0.717) is 30.5 Å². The molecule has 1 aromatic heterocycles. The predicted molar refractivity (Wildman–Crippen MR) is 124 cm³/mol. The van der Waals surface area contributed by atoms with Crippen LogP contribution in [0.1, 0.15) is 38.3 Å². The van der Waals surface area contributed by atoms with Crippen molar-refractivity contribution in [2.75, 3.05) is 27.1 Å². The van der Waals surface area contributed by atoms with Crippen molar-refractivity contribution < 1.29 is 41.7 Å². The van der Waals surface area contributed by atoms with Crippen LogP contribution in [0.25, 0.3) is 6.08 Å². The number of hydrogen-bond donors (Lipinski definition) is 0. The molecule has 0 atom stereocenters. The smallest absolute Gasteiger partial charge is 0.417 e. The Morgan fingerprint density at radius 2 is 1.94 bits per heavy atom. The van der Waals surface area contributed by atoms with Gasteiger partial charge in [0, 0.05) is 37.4 Å². The topological polar surface area (TPSA) is 76.1 Å². The lowest BCUT2D eigenvalue weighted by Crippen LogP contribution is -2.30. The molecule has 11 heteroatoms. The first-order valence-electron chi connectivity index (χ1n) is 10.6. The summed E-state index contributed by atoms with van der Waals surface area (Å²) < 4.78 is 65.7. The van der Waals surface area contributed by atoms with Crippen LogP contribution in [-0.2, 0) is 25.2 Å². The fourth-order valence-corrected chi connectivity index (χ4v) is 2.95. The van der Waals surface area contributed by atoms with E-state index in [4.69, 9.17) is 35.3 Å². The number of halogens is 4. The molecular weight excluding hydrogens is 491 g/mol. The third-order valence-electron chi connectivity index (χ3n) is 4.46. The third-order valence-corrected chi connectivity index (χ3v) is 4.73. The summed E-state index contributed by atoms with van der Waals surface area (Å²) in [6, 6.07) is 5.53. The highest BCUT2D eigenvalue weighted by atomic mass is 35.5. The second-order valence-corrected chi connectivity index (χ2v) is 8.23. The standard InChI is InChI=1S/C24H27ClF3NO6/c1-5-33-21(30)9-7-16-6-8-18(35-23(2,3)10-11-32-15-31-4)13-20(16)34-22-19(25)12-17(14-29-22)24(26,27)28/h6-9,12-14H,5,10-11,15H2,1-4H3/b9-7+. The molecule has 0 aliphatic heterocycles. The lowest BCUT2D eigenvalue weighted by atomic mass is 10.1. The number of alkyl halides is 3.